The topological polar surface area (TPSA) is 41.5 Å². The van der Waals surface area contributed by atoms with Gasteiger partial charge < -0.3 is 15.2 Å². The van der Waals surface area contributed by atoms with Gasteiger partial charge in [-0.25, -0.2) is 0 Å². The van der Waals surface area contributed by atoms with Crippen molar-refractivity contribution in [3.8, 4) is 5.75 Å². The SMILES string of the molecule is COc1ccc(NC(C)(C)CCO)cc1C. The zero-order valence-corrected chi connectivity index (χ0v) is 10.5. The Morgan fingerprint density at radius 3 is 2.56 bits per heavy atom. The summed E-state index contributed by atoms with van der Waals surface area (Å²) in [5.74, 6) is 0.894. The Kier molecular flexibility index (Phi) is 4.19. The van der Waals surface area contributed by atoms with Crippen LogP contribution >= 0.6 is 0 Å². The molecule has 2 N–H and O–H groups in total. The second kappa shape index (κ2) is 5.21. The maximum Gasteiger partial charge on any atom is 0.121 e. The van der Waals surface area contributed by atoms with Crippen LogP contribution in [0, 0.1) is 6.92 Å². The van der Waals surface area contributed by atoms with Crippen LogP contribution in [0.4, 0.5) is 5.69 Å². The molecule has 0 amide bonds. The average Bonchev–Trinajstić information content (AvgIpc) is 2.17. The fraction of sp³-hybridized carbons (Fsp3) is 0.538. The first kappa shape index (κ1) is 12.8. The lowest BCUT2D eigenvalue weighted by Crippen LogP contribution is -2.31. The molecule has 3 heteroatoms. The Labute approximate surface area is 97.4 Å². The van der Waals surface area contributed by atoms with Crippen molar-refractivity contribution in [1.29, 1.82) is 0 Å². The summed E-state index contributed by atoms with van der Waals surface area (Å²) in [6.45, 7) is 6.35. The number of benzene rings is 1. The van der Waals surface area contributed by atoms with Gasteiger partial charge in [0.15, 0.2) is 0 Å². The first-order valence-corrected chi connectivity index (χ1v) is 5.52. The Balaban J connectivity index is 2.78. The molecule has 0 unspecified atom stereocenters. The summed E-state index contributed by atoms with van der Waals surface area (Å²) in [5.41, 5.74) is 2.06. The number of aliphatic hydroxyl groups is 1. The molecule has 0 aliphatic heterocycles. The van der Waals surface area contributed by atoms with E-state index in [-0.39, 0.29) is 12.1 Å². The quantitative estimate of drug-likeness (QED) is 0.806. The molecule has 0 atom stereocenters. The molecule has 0 aromatic heterocycles. The zero-order valence-electron chi connectivity index (χ0n) is 10.5. The van der Waals surface area contributed by atoms with Crippen LogP contribution in [-0.2, 0) is 0 Å². The average molecular weight is 223 g/mol. The lowest BCUT2D eigenvalue weighted by atomic mass is 10.0. The molecule has 1 aromatic carbocycles. The van der Waals surface area contributed by atoms with Gasteiger partial charge in [0.2, 0.25) is 0 Å². The molecule has 1 aromatic rings. The summed E-state index contributed by atoms with van der Waals surface area (Å²) in [6, 6.07) is 6.00. The normalized spacial score (nSPS) is 11.3. The van der Waals surface area contributed by atoms with E-state index in [1.807, 2.05) is 19.1 Å². The number of hydrogen-bond donors (Lipinski definition) is 2. The van der Waals surface area contributed by atoms with Crippen LogP contribution in [0.2, 0.25) is 0 Å². The van der Waals surface area contributed by atoms with E-state index < -0.39 is 0 Å². The molecular weight excluding hydrogens is 202 g/mol. The van der Waals surface area contributed by atoms with Gasteiger partial charge in [-0.05, 0) is 51.0 Å². The molecule has 0 radical (unpaired) electrons. The minimum absolute atomic E-state index is 0.101. The Hall–Kier alpha value is -1.22. The van der Waals surface area contributed by atoms with Crippen LogP contribution < -0.4 is 10.1 Å². The first-order valence-electron chi connectivity index (χ1n) is 5.52. The maximum absolute atomic E-state index is 8.96. The zero-order chi connectivity index (χ0) is 12.2. The van der Waals surface area contributed by atoms with Crippen molar-refractivity contribution in [2.24, 2.45) is 0 Å². The highest BCUT2D eigenvalue weighted by atomic mass is 16.5. The predicted octanol–water partition coefficient (Wildman–Crippen LogP) is 2.58. The number of anilines is 1. The summed E-state index contributed by atoms with van der Waals surface area (Å²) in [7, 11) is 1.67. The van der Waals surface area contributed by atoms with Gasteiger partial charge >= 0.3 is 0 Å². The predicted molar refractivity (Wildman–Crippen MR) is 67.1 cm³/mol. The van der Waals surface area contributed by atoms with Crippen LogP contribution in [0.3, 0.4) is 0 Å². The molecule has 0 aliphatic carbocycles. The molecule has 0 saturated carbocycles. The molecule has 16 heavy (non-hydrogen) atoms. The monoisotopic (exact) mass is 223 g/mol. The van der Waals surface area contributed by atoms with Crippen molar-refractivity contribution in [1.82, 2.24) is 0 Å². The van der Waals surface area contributed by atoms with E-state index in [9.17, 15) is 0 Å². The number of hydrogen-bond acceptors (Lipinski definition) is 3. The van der Waals surface area contributed by atoms with Gasteiger partial charge in [-0.1, -0.05) is 0 Å². The highest BCUT2D eigenvalue weighted by Gasteiger charge is 2.16. The molecule has 1 rings (SSSR count). The van der Waals surface area contributed by atoms with Gasteiger partial charge in [-0.3, -0.25) is 0 Å². The van der Waals surface area contributed by atoms with Crippen LogP contribution in [-0.4, -0.2) is 24.4 Å². The molecule has 0 fully saturated rings. The highest BCUT2D eigenvalue weighted by Crippen LogP contribution is 2.24. The lowest BCUT2D eigenvalue weighted by molar-refractivity contribution is 0.261. The van der Waals surface area contributed by atoms with Gasteiger partial charge in [0, 0.05) is 17.8 Å². The molecule has 0 bridgehead atoms. The molecule has 0 spiro atoms. The fourth-order valence-electron chi connectivity index (χ4n) is 1.69. The lowest BCUT2D eigenvalue weighted by Gasteiger charge is -2.27. The van der Waals surface area contributed by atoms with E-state index in [0.29, 0.717) is 0 Å². The van der Waals surface area contributed by atoms with Crippen molar-refractivity contribution < 1.29 is 9.84 Å². The van der Waals surface area contributed by atoms with E-state index in [4.69, 9.17) is 9.84 Å². The number of aryl methyl sites for hydroxylation is 1. The maximum atomic E-state index is 8.96. The van der Waals surface area contributed by atoms with E-state index in [1.54, 1.807) is 7.11 Å². The third-order valence-corrected chi connectivity index (χ3v) is 2.61. The van der Waals surface area contributed by atoms with Gasteiger partial charge in [0.05, 0.1) is 7.11 Å². The van der Waals surface area contributed by atoms with Gasteiger partial charge in [-0.15, -0.1) is 0 Å². The third-order valence-electron chi connectivity index (χ3n) is 2.61. The van der Waals surface area contributed by atoms with E-state index in [1.165, 1.54) is 0 Å². The summed E-state index contributed by atoms with van der Waals surface area (Å²) in [5, 5.41) is 12.4. The second-order valence-electron chi connectivity index (χ2n) is 4.67. The number of ether oxygens (including phenoxy) is 1. The summed E-state index contributed by atoms with van der Waals surface area (Å²) in [4.78, 5) is 0. The fourth-order valence-corrected chi connectivity index (χ4v) is 1.69. The molecule has 0 heterocycles. The number of nitrogens with one attached hydrogen (secondary N) is 1. The minimum Gasteiger partial charge on any atom is -0.496 e. The Bertz CT molecular complexity index is 348. The van der Waals surface area contributed by atoms with Crippen LogP contribution in [0.1, 0.15) is 25.8 Å². The van der Waals surface area contributed by atoms with Crippen LogP contribution in [0.15, 0.2) is 18.2 Å². The van der Waals surface area contributed by atoms with Crippen molar-refractivity contribution in [3.63, 3.8) is 0 Å². The van der Waals surface area contributed by atoms with Crippen LogP contribution in [0.5, 0.6) is 5.75 Å². The van der Waals surface area contributed by atoms with Gasteiger partial charge in [0.1, 0.15) is 5.75 Å². The highest BCUT2D eigenvalue weighted by molar-refractivity contribution is 5.52. The molecular formula is C13H21NO2. The van der Waals surface area contributed by atoms with Crippen molar-refractivity contribution in [2.45, 2.75) is 32.7 Å². The minimum atomic E-state index is -0.101. The first-order chi connectivity index (χ1) is 7.48. The van der Waals surface area contributed by atoms with Gasteiger partial charge in [-0.2, -0.15) is 0 Å². The van der Waals surface area contributed by atoms with E-state index >= 15 is 0 Å². The van der Waals surface area contributed by atoms with Crippen molar-refractivity contribution >= 4 is 5.69 Å². The number of methoxy groups -OCH3 is 1. The number of rotatable bonds is 5. The summed E-state index contributed by atoms with van der Waals surface area (Å²) in [6.07, 6.45) is 0.720. The van der Waals surface area contributed by atoms with E-state index in [0.717, 1.165) is 23.4 Å². The molecule has 0 aliphatic rings. The smallest absolute Gasteiger partial charge is 0.121 e. The summed E-state index contributed by atoms with van der Waals surface area (Å²) >= 11 is 0. The Morgan fingerprint density at radius 1 is 1.38 bits per heavy atom. The molecule has 3 nitrogen and oxygen atoms in total. The number of aliphatic hydroxyl groups excluding tert-OH is 1. The van der Waals surface area contributed by atoms with Crippen molar-refractivity contribution in [3.05, 3.63) is 23.8 Å². The second-order valence-corrected chi connectivity index (χ2v) is 4.67. The largest absolute Gasteiger partial charge is 0.496 e. The summed E-state index contributed by atoms with van der Waals surface area (Å²) < 4.78 is 5.21. The molecule has 90 valence electrons. The third kappa shape index (κ3) is 3.42. The Morgan fingerprint density at radius 2 is 2.06 bits per heavy atom. The van der Waals surface area contributed by atoms with Gasteiger partial charge in [0.25, 0.3) is 0 Å². The van der Waals surface area contributed by atoms with Crippen molar-refractivity contribution in [2.75, 3.05) is 19.0 Å². The standard InChI is InChI=1S/C13H21NO2/c1-10-9-11(5-6-12(10)16-4)14-13(2,3)7-8-15/h5-6,9,14-15H,7-8H2,1-4H3. The van der Waals surface area contributed by atoms with Crippen LogP contribution in [0.25, 0.3) is 0 Å². The van der Waals surface area contributed by atoms with E-state index in [2.05, 4.69) is 25.2 Å². The molecule has 0 saturated heterocycles.